The zero-order chi connectivity index (χ0) is 26.6. The first kappa shape index (κ1) is 29.1. The normalized spacial score (nSPS) is 10.6. The van der Waals surface area contributed by atoms with Gasteiger partial charge in [-0.05, 0) is 39.2 Å². The average Bonchev–Trinajstić information content (AvgIpc) is 3.47. The standard InChI is InChI=1S/C23H30N8O5.ClH/c1-27(2)8-6-7-24-21(32)18-9-15(12-28(18)3)25-22(33)19-10-16(13-29(19)4)26-23(34)20-11-17(31(35)36)14-30(20)5;/h9-14H,6-8H2,1-5H3,(H,24,32)(H,25,33)(H,26,34);1H. The predicted molar refractivity (Wildman–Crippen MR) is 142 cm³/mol. The third-order valence-electron chi connectivity index (χ3n) is 5.49. The molecule has 3 aromatic rings. The minimum Gasteiger partial charge on any atom is -0.351 e. The van der Waals surface area contributed by atoms with Gasteiger partial charge in [0.1, 0.15) is 17.1 Å². The molecule has 200 valence electrons. The molecule has 3 rings (SSSR count). The number of amides is 3. The Labute approximate surface area is 220 Å². The SMILES string of the molecule is CN(C)CCCNC(=O)c1cc(NC(=O)c2cc(NC(=O)c3cc([N+](=O)[O-])cn3C)cn2C)cn1C.Cl. The summed E-state index contributed by atoms with van der Waals surface area (Å²) in [6.45, 7) is 1.40. The Balaban J connectivity index is 0.00000481. The predicted octanol–water partition coefficient (Wildman–Crippen LogP) is 2.22. The molecule has 0 saturated heterocycles. The highest BCUT2D eigenvalue weighted by Gasteiger charge is 2.20. The van der Waals surface area contributed by atoms with Crippen LogP contribution in [0.25, 0.3) is 0 Å². The number of halogens is 1. The molecular weight excluding hydrogens is 504 g/mol. The Morgan fingerprint density at radius 3 is 1.76 bits per heavy atom. The molecule has 0 radical (unpaired) electrons. The molecule has 0 aromatic carbocycles. The van der Waals surface area contributed by atoms with E-state index in [9.17, 15) is 24.5 Å². The van der Waals surface area contributed by atoms with Crippen molar-refractivity contribution in [1.82, 2.24) is 23.9 Å². The summed E-state index contributed by atoms with van der Waals surface area (Å²) in [6.07, 6.45) is 5.26. The van der Waals surface area contributed by atoms with E-state index in [1.807, 2.05) is 19.0 Å². The largest absolute Gasteiger partial charge is 0.351 e. The van der Waals surface area contributed by atoms with E-state index in [4.69, 9.17) is 0 Å². The second-order valence-electron chi connectivity index (χ2n) is 8.72. The summed E-state index contributed by atoms with van der Waals surface area (Å²) in [5, 5.41) is 19.2. The number of aromatic nitrogens is 3. The van der Waals surface area contributed by atoms with Gasteiger partial charge in [-0.2, -0.15) is 0 Å². The maximum absolute atomic E-state index is 12.9. The van der Waals surface area contributed by atoms with E-state index in [1.54, 1.807) is 41.7 Å². The van der Waals surface area contributed by atoms with Gasteiger partial charge in [-0.25, -0.2) is 0 Å². The number of nitro groups is 1. The molecule has 0 aliphatic carbocycles. The smallest absolute Gasteiger partial charge is 0.287 e. The van der Waals surface area contributed by atoms with Gasteiger partial charge in [-0.1, -0.05) is 0 Å². The van der Waals surface area contributed by atoms with Crippen LogP contribution in [0.5, 0.6) is 0 Å². The van der Waals surface area contributed by atoms with Gasteiger partial charge in [-0.3, -0.25) is 24.5 Å². The van der Waals surface area contributed by atoms with Gasteiger partial charge in [0.05, 0.1) is 22.5 Å². The molecule has 14 heteroatoms. The Kier molecular flexibility index (Phi) is 9.63. The van der Waals surface area contributed by atoms with Crippen molar-refractivity contribution >= 4 is 47.2 Å². The molecule has 0 spiro atoms. The average molecular weight is 535 g/mol. The lowest BCUT2D eigenvalue weighted by Gasteiger charge is -2.10. The summed E-state index contributed by atoms with van der Waals surface area (Å²) in [5.41, 5.74) is 1.38. The first-order valence-corrected chi connectivity index (χ1v) is 11.2. The maximum Gasteiger partial charge on any atom is 0.287 e. The molecular formula is C23H31ClN8O5. The van der Waals surface area contributed by atoms with Crippen molar-refractivity contribution < 1.29 is 19.3 Å². The van der Waals surface area contributed by atoms with Crippen LogP contribution >= 0.6 is 12.4 Å². The zero-order valence-corrected chi connectivity index (χ0v) is 22.1. The summed E-state index contributed by atoms with van der Waals surface area (Å²) in [6, 6.07) is 4.26. The molecule has 3 aromatic heterocycles. The first-order valence-electron chi connectivity index (χ1n) is 11.2. The highest BCUT2D eigenvalue weighted by Crippen LogP contribution is 2.20. The van der Waals surface area contributed by atoms with Gasteiger partial charge in [-0.15, -0.1) is 12.4 Å². The molecule has 0 aliphatic rings. The number of hydrogen-bond acceptors (Lipinski definition) is 6. The van der Waals surface area contributed by atoms with Crippen molar-refractivity contribution in [1.29, 1.82) is 0 Å². The van der Waals surface area contributed by atoms with E-state index in [0.29, 0.717) is 23.6 Å². The first-order chi connectivity index (χ1) is 17.0. The van der Waals surface area contributed by atoms with Gasteiger partial charge in [0.2, 0.25) is 0 Å². The third kappa shape index (κ3) is 7.21. The van der Waals surface area contributed by atoms with Crippen LogP contribution in [0.3, 0.4) is 0 Å². The molecule has 0 aliphatic heterocycles. The van der Waals surface area contributed by atoms with Crippen LogP contribution in [0.1, 0.15) is 37.9 Å². The minimum atomic E-state index is -0.578. The maximum atomic E-state index is 12.9. The summed E-state index contributed by atoms with van der Waals surface area (Å²) >= 11 is 0. The molecule has 0 bridgehead atoms. The molecule has 0 unspecified atom stereocenters. The van der Waals surface area contributed by atoms with Crippen LogP contribution in [-0.2, 0) is 21.1 Å². The van der Waals surface area contributed by atoms with Gasteiger partial charge in [0.25, 0.3) is 23.4 Å². The fourth-order valence-electron chi connectivity index (χ4n) is 3.67. The lowest BCUT2D eigenvalue weighted by molar-refractivity contribution is -0.384. The van der Waals surface area contributed by atoms with E-state index < -0.39 is 16.7 Å². The van der Waals surface area contributed by atoms with Crippen LogP contribution in [0.4, 0.5) is 17.1 Å². The van der Waals surface area contributed by atoms with Crippen molar-refractivity contribution in [3.63, 3.8) is 0 Å². The van der Waals surface area contributed by atoms with Gasteiger partial charge < -0.3 is 34.6 Å². The number of carbonyl (C=O) groups excluding carboxylic acids is 3. The Morgan fingerprint density at radius 1 is 0.838 bits per heavy atom. The van der Waals surface area contributed by atoms with E-state index in [2.05, 4.69) is 16.0 Å². The summed E-state index contributed by atoms with van der Waals surface area (Å²) in [5.74, 6) is -1.22. The molecule has 13 nitrogen and oxygen atoms in total. The zero-order valence-electron chi connectivity index (χ0n) is 21.3. The second-order valence-corrected chi connectivity index (χ2v) is 8.72. The van der Waals surface area contributed by atoms with Gasteiger partial charge in [0, 0.05) is 46.1 Å². The Bertz CT molecular complexity index is 1310. The molecule has 37 heavy (non-hydrogen) atoms. The fourth-order valence-corrected chi connectivity index (χ4v) is 3.67. The van der Waals surface area contributed by atoms with E-state index in [0.717, 1.165) is 13.0 Å². The molecule has 3 N–H and O–H groups in total. The monoisotopic (exact) mass is 534 g/mol. The Hall–Kier alpha value is -4.10. The third-order valence-corrected chi connectivity index (χ3v) is 5.49. The lowest BCUT2D eigenvalue weighted by atomic mass is 10.3. The fraction of sp³-hybridized carbons (Fsp3) is 0.348. The molecule has 0 atom stereocenters. The van der Waals surface area contributed by atoms with Crippen molar-refractivity contribution in [2.24, 2.45) is 21.1 Å². The molecule has 3 amide bonds. The van der Waals surface area contributed by atoms with Crippen molar-refractivity contribution in [2.45, 2.75) is 6.42 Å². The number of aryl methyl sites for hydroxylation is 3. The topological polar surface area (TPSA) is 148 Å². The van der Waals surface area contributed by atoms with Gasteiger partial charge in [0.15, 0.2) is 0 Å². The van der Waals surface area contributed by atoms with Crippen LogP contribution in [-0.4, -0.2) is 68.4 Å². The van der Waals surface area contributed by atoms with Crippen LogP contribution < -0.4 is 16.0 Å². The highest BCUT2D eigenvalue weighted by atomic mass is 35.5. The van der Waals surface area contributed by atoms with Crippen LogP contribution in [0.15, 0.2) is 36.8 Å². The highest BCUT2D eigenvalue weighted by molar-refractivity contribution is 6.07. The van der Waals surface area contributed by atoms with Crippen molar-refractivity contribution in [3.05, 3.63) is 64.0 Å². The van der Waals surface area contributed by atoms with Crippen molar-refractivity contribution in [2.75, 3.05) is 37.8 Å². The number of anilines is 2. The second kappa shape index (κ2) is 12.2. The molecule has 0 saturated carbocycles. The van der Waals surface area contributed by atoms with Crippen molar-refractivity contribution in [3.8, 4) is 0 Å². The number of nitrogens with one attached hydrogen (secondary N) is 3. The summed E-state index contributed by atoms with van der Waals surface area (Å²) < 4.78 is 4.53. The van der Waals surface area contributed by atoms with Crippen LogP contribution in [0, 0.1) is 10.1 Å². The number of hydrogen-bond donors (Lipinski definition) is 3. The minimum absolute atomic E-state index is 0. The summed E-state index contributed by atoms with van der Waals surface area (Å²) in [7, 11) is 8.83. The van der Waals surface area contributed by atoms with Gasteiger partial charge >= 0.3 is 0 Å². The quantitative estimate of drug-likeness (QED) is 0.206. The molecule has 0 fully saturated rings. The van der Waals surface area contributed by atoms with Crippen LogP contribution in [0.2, 0.25) is 0 Å². The van der Waals surface area contributed by atoms with E-state index in [-0.39, 0.29) is 35.4 Å². The number of nitrogens with zero attached hydrogens (tertiary/aromatic N) is 5. The summed E-state index contributed by atoms with van der Waals surface area (Å²) in [4.78, 5) is 50.3. The lowest BCUT2D eigenvalue weighted by Crippen LogP contribution is -2.28. The Morgan fingerprint density at radius 2 is 1.30 bits per heavy atom. The number of rotatable bonds is 10. The molecule has 3 heterocycles. The van der Waals surface area contributed by atoms with E-state index >= 15 is 0 Å². The number of carbonyl (C=O) groups is 3. The van der Waals surface area contributed by atoms with E-state index in [1.165, 1.54) is 29.9 Å².